The number of nitrogens with two attached hydrogens (primary N) is 1. The van der Waals surface area contributed by atoms with Gasteiger partial charge in [0.05, 0.1) is 22.4 Å². The number of nitrogens with zero attached hydrogens (tertiary/aromatic N) is 1. The molecule has 0 aromatic carbocycles. The minimum Gasteiger partial charge on any atom is -0.489 e. The average molecular weight is 320 g/mol. The van der Waals surface area contributed by atoms with Gasteiger partial charge in [-0.25, -0.2) is 4.98 Å². The molecule has 1 fully saturated rings. The highest BCUT2D eigenvalue weighted by molar-refractivity contribution is 7.14. The van der Waals surface area contributed by atoms with Crippen LogP contribution in [0.3, 0.4) is 0 Å². The van der Waals surface area contributed by atoms with Crippen LogP contribution < -0.4 is 10.5 Å². The Morgan fingerprint density at radius 2 is 2.09 bits per heavy atom. The van der Waals surface area contributed by atoms with Gasteiger partial charge in [-0.2, -0.15) is 4.39 Å². The molecule has 0 atom stereocenters. The van der Waals surface area contributed by atoms with E-state index in [1.165, 1.54) is 25.3 Å². The van der Waals surface area contributed by atoms with Crippen LogP contribution in [0.25, 0.3) is 10.6 Å². The molecule has 1 aliphatic carbocycles. The Morgan fingerprint density at radius 1 is 1.32 bits per heavy atom. The molecule has 118 valence electrons. The maximum Gasteiger partial charge on any atom is 0.177 e. The van der Waals surface area contributed by atoms with E-state index < -0.39 is 0 Å². The molecular weight excluding hydrogens is 299 g/mol. The van der Waals surface area contributed by atoms with E-state index >= 15 is 0 Å². The Morgan fingerprint density at radius 3 is 2.77 bits per heavy atom. The molecule has 3 rings (SSSR count). The summed E-state index contributed by atoms with van der Waals surface area (Å²) in [5.74, 6) is 0.835. The second kappa shape index (κ2) is 6.75. The minimum atomic E-state index is -0.225. The van der Waals surface area contributed by atoms with E-state index in [2.05, 4.69) is 4.98 Å². The largest absolute Gasteiger partial charge is 0.489 e. The first-order valence-corrected chi connectivity index (χ1v) is 8.62. The first-order chi connectivity index (χ1) is 10.7. The summed E-state index contributed by atoms with van der Waals surface area (Å²) in [4.78, 5) is 5.41. The number of hydrogen-bond donors (Lipinski definition) is 1. The molecule has 1 saturated carbocycles. The van der Waals surface area contributed by atoms with E-state index in [-0.39, 0.29) is 5.13 Å². The first-order valence-electron chi connectivity index (χ1n) is 7.80. The lowest BCUT2D eigenvalue weighted by molar-refractivity contribution is 0.153. The lowest BCUT2D eigenvalue weighted by atomic mass is 9.98. The summed E-state index contributed by atoms with van der Waals surface area (Å²) in [6, 6.07) is 5.34. The summed E-state index contributed by atoms with van der Waals surface area (Å²) >= 11 is 1.09. The summed E-state index contributed by atoms with van der Waals surface area (Å²) in [5, 5.41) is -0.225. The van der Waals surface area contributed by atoms with Gasteiger partial charge in [0.1, 0.15) is 5.75 Å². The molecule has 1 aliphatic rings. The topological polar surface area (TPSA) is 48.1 Å². The van der Waals surface area contributed by atoms with Gasteiger partial charge in [-0.05, 0) is 56.4 Å². The fourth-order valence-corrected chi connectivity index (χ4v) is 3.81. The molecule has 0 aliphatic heterocycles. The number of aromatic nitrogens is 1. The number of rotatable bonds is 4. The third-order valence-electron chi connectivity index (χ3n) is 4.11. The molecule has 5 heteroatoms. The molecule has 2 aromatic rings. The fourth-order valence-electron chi connectivity index (χ4n) is 2.93. The van der Waals surface area contributed by atoms with Gasteiger partial charge in [0.15, 0.2) is 5.13 Å². The van der Waals surface area contributed by atoms with Crippen molar-refractivity contribution in [2.75, 3.05) is 0 Å². The zero-order valence-corrected chi connectivity index (χ0v) is 13.6. The van der Waals surface area contributed by atoms with Crippen LogP contribution in [0.2, 0.25) is 0 Å². The molecule has 2 heterocycles. The lowest BCUT2D eigenvalue weighted by Gasteiger charge is -2.23. The van der Waals surface area contributed by atoms with Crippen LogP contribution in [0.15, 0.2) is 18.2 Å². The number of halogens is 1. The number of pyridine rings is 1. The van der Waals surface area contributed by atoms with Crippen molar-refractivity contribution < 1.29 is 9.13 Å². The Hall–Kier alpha value is -1.46. The van der Waals surface area contributed by atoms with E-state index in [9.17, 15) is 4.39 Å². The molecule has 0 spiro atoms. The summed E-state index contributed by atoms with van der Waals surface area (Å²) in [7, 11) is 0. The second-order valence-corrected chi connectivity index (χ2v) is 6.77. The zero-order chi connectivity index (χ0) is 15.5. The Balaban J connectivity index is 1.82. The van der Waals surface area contributed by atoms with Crippen molar-refractivity contribution in [3.05, 3.63) is 34.6 Å². The van der Waals surface area contributed by atoms with Crippen molar-refractivity contribution in [3.63, 3.8) is 0 Å². The zero-order valence-electron chi connectivity index (χ0n) is 12.8. The molecule has 0 radical (unpaired) electrons. The molecular formula is C17H21FN2OS. The van der Waals surface area contributed by atoms with Gasteiger partial charge in [-0.15, -0.1) is 11.3 Å². The van der Waals surface area contributed by atoms with E-state index in [1.54, 1.807) is 0 Å². The van der Waals surface area contributed by atoms with Crippen LogP contribution in [-0.2, 0) is 6.54 Å². The SMILES string of the molecule is Cc1nc(-c2sc(F)cc2CN)ccc1OC1CCCCC1. The number of ether oxygens (including phenoxy) is 1. The highest BCUT2D eigenvalue weighted by atomic mass is 32.1. The van der Waals surface area contributed by atoms with Gasteiger partial charge < -0.3 is 10.5 Å². The highest BCUT2D eigenvalue weighted by Gasteiger charge is 2.17. The molecule has 0 unspecified atom stereocenters. The number of aryl methyl sites for hydroxylation is 1. The molecule has 22 heavy (non-hydrogen) atoms. The quantitative estimate of drug-likeness (QED) is 0.906. The standard InChI is InChI=1S/C17H21FN2OS/c1-11-15(21-13-5-3-2-4-6-13)8-7-14(20-11)17-12(10-19)9-16(18)22-17/h7-9,13H,2-6,10,19H2,1H3. The monoisotopic (exact) mass is 320 g/mol. The van der Waals surface area contributed by atoms with E-state index in [4.69, 9.17) is 10.5 Å². The Kier molecular flexibility index (Phi) is 4.74. The maximum absolute atomic E-state index is 13.5. The highest BCUT2D eigenvalue weighted by Crippen LogP contribution is 2.33. The second-order valence-electron chi connectivity index (χ2n) is 5.77. The van der Waals surface area contributed by atoms with Crippen LogP contribution in [0.4, 0.5) is 4.39 Å². The van der Waals surface area contributed by atoms with Gasteiger partial charge in [0, 0.05) is 6.54 Å². The van der Waals surface area contributed by atoms with Crippen molar-refractivity contribution in [2.45, 2.75) is 51.7 Å². The van der Waals surface area contributed by atoms with Gasteiger partial charge >= 0.3 is 0 Å². The summed E-state index contributed by atoms with van der Waals surface area (Å²) in [5.41, 5.74) is 8.10. The van der Waals surface area contributed by atoms with Crippen LogP contribution >= 0.6 is 11.3 Å². The van der Waals surface area contributed by atoms with Gasteiger partial charge in [0.25, 0.3) is 0 Å². The van der Waals surface area contributed by atoms with Crippen molar-refractivity contribution >= 4 is 11.3 Å². The lowest BCUT2D eigenvalue weighted by Crippen LogP contribution is -2.20. The van der Waals surface area contributed by atoms with Crippen molar-refractivity contribution in [1.29, 1.82) is 0 Å². The van der Waals surface area contributed by atoms with Crippen LogP contribution in [0.5, 0.6) is 5.75 Å². The Bertz CT molecular complexity index is 650. The summed E-state index contributed by atoms with van der Waals surface area (Å²) in [6.45, 7) is 2.25. The van der Waals surface area contributed by atoms with Crippen molar-refractivity contribution in [1.82, 2.24) is 4.98 Å². The summed E-state index contributed by atoms with van der Waals surface area (Å²) in [6.07, 6.45) is 6.33. The van der Waals surface area contributed by atoms with Crippen LogP contribution in [0.1, 0.15) is 43.4 Å². The van der Waals surface area contributed by atoms with Crippen LogP contribution in [0, 0.1) is 12.1 Å². The van der Waals surface area contributed by atoms with Crippen LogP contribution in [-0.4, -0.2) is 11.1 Å². The van der Waals surface area contributed by atoms with Gasteiger partial charge in [-0.1, -0.05) is 6.42 Å². The molecule has 0 saturated heterocycles. The maximum atomic E-state index is 13.5. The van der Waals surface area contributed by atoms with Crippen molar-refractivity contribution in [2.24, 2.45) is 5.73 Å². The normalized spacial score (nSPS) is 16.0. The third kappa shape index (κ3) is 3.31. The smallest absolute Gasteiger partial charge is 0.177 e. The molecule has 2 N–H and O–H groups in total. The predicted octanol–water partition coefficient (Wildman–Crippen LogP) is 4.43. The number of thiophene rings is 1. The molecule has 2 aromatic heterocycles. The third-order valence-corrected chi connectivity index (χ3v) is 5.10. The van der Waals surface area contributed by atoms with E-state index in [0.29, 0.717) is 12.6 Å². The first kappa shape index (κ1) is 15.4. The number of hydrogen-bond acceptors (Lipinski definition) is 4. The molecule has 0 bridgehead atoms. The fraction of sp³-hybridized carbons (Fsp3) is 0.471. The minimum absolute atomic E-state index is 0.225. The van der Waals surface area contributed by atoms with Gasteiger partial charge in [0.2, 0.25) is 0 Å². The Labute approximate surface area is 134 Å². The van der Waals surface area contributed by atoms with E-state index in [1.807, 2.05) is 19.1 Å². The van der Waals surface area contributed by atoms with E-state index in [0.717, 1.165) is 51.8 Å². The molecule has 0 amide bonds. The predicted molar refractivity (Wildman–Crippen MR) is 87.6 cm³/mol. The molecule has 3 nitrogen and oxygen atoms in total. The van der Waals surface area contributed by atoms with Crippen molar-refractivity contribution in [3.8, 4) is 16.3 Å². The average Bonchev–Trinajstić information content (AvgIpc) is 2.91. The van der Waals surface area contributed by atoms with Gasteiger partial charge in [-0.3, -0.25) is 0 Å². The summed E-state index contributed by atoms with van der Waals surface area (Å²) < 4.78 is 19.5.